The zero-order valence-electron chi connectivity index (χ0n) is 17.7. The molecule has 1 rings (SSSR count). The van der Waals surface area contributed by atoms with Gasteiger partial charge < -0.3 is 24.3 Å². The van der Waals surface area contributed by atoms with E-state index in [9.17, 15) is 34.1 Å². The number of carbonyl (C=O) groups is 5. The van der Waals surface area contributed by atoms with Crippen molar-refractivity contribution in [1.29, 1.82) is 0 Å². The summed E-state index contributed by atoms with van der Waals surface area (Å²) >= 11 is 0. The van der Waals surface area contributed by atoms with Crippen molar-refractivity contribution in [1.82, 2.24) is 0 Å². The third kappa shape index (κ3) is 8.77. The van der Waals surface area contributed by atoms with Gasteiger partial charge in [-0.1, -0.05) is 0 Å². The lowest BCUT2D eigenvalue weighted by Crippen LogP contribution is -2.52. The van der Waals surface area contributed by atoms with Gasteiger partial charge in [-0.3, -0.25) is 34.1 Å². The molecule has 13 heteroatoms. The van der Waals surface area contributed by atoms with Gasteiger partial charge in [0.2, 0.25) is 6.10 Å². The Bertz CT molecular complexity index is 882. The molecule has 32 heavy (non-hydrogen) atoms. The summed E-state index contributed by atoms with van der Waals surface area (Å²) < 4.78 is 19.9. The van der Waals surface area contributed by atoms with Crippen LogP contribution in [0.3, 0.4) is 0 Å². The van der Waals surface area contributed by atoms with Crippen LogP contribution in [0, 0.1) is 10.1 Å². The van der Waals surface area contributed by atoms with E-state index < -0.39 is 59.6 Å². The van der Waals surface area contributed by atoms with E-state index in [0.717, 1.165) is 39.8 Å². The highest BCUT2D eigenvalue weighted by Crippen LogP contribution is 2.19. The van der Waals surface area contributed by atoms with E-state index in [1.165, 1.54) is 12.1 Å². The standard InChI is InChI=1S/C19H22N2O11/c1-10(22)29-9-16(30-11(2)23)17(31-12(3)24)18(32-13(4)25)19(26)20-14-5-7-15(8-6-14)21(27)28/h5-8,16-18H,9H2,1-4H3,(H,20,26)/t16-,17+,18+/m0/s1. The van der Waals surface area contributed by atoms with Crippen molar-refractivity contribution >= 4 is 41.2 Å². The van der Waals surface area contributed by atoms with Gasteiger partial charge in [0, 0.05) is 45.5 Å². The normalized spacial score (nSPS) is 13.0. The summed E-state index contributed by atoms with van der Waals surface area (Å²) in [6.07, 6.45) is -5.00. The van der Waals surface area contributed by atoms with Crippen LogP contribution in [0.4, 0.5) is 11.4 Å². The van der Waals surface area contributed by atoms with Crippen LogP contribution >= 0.6 is 0 Å². The Morgan fingerprint density at radius 1 is 0.875 bits per heavy atom. The predicted octanol–water partition coefficient (Wildman–Crippen LogP) is 0.892. The molecule has 0 fully saturated rings. The molecule has 0 unspecified atom stereocenters. The van der Waals surface area contributed by atoms with Gasteiger partial charge in [0.05, 0.1) is 4.92 Å². The van der Waals surface area contributed by atoms with Gasteiger partial charge in [0.25, 0.3) is 11.6 Å². The number of ether oxygens (including phenoxy) is 4. The third-order valence-corrected chi connectivity index (χ3v) is 3.63. The van der Waals surface area contributed by atoms with E-state index in [0.29, 0.717) is 0 Å². The van der Waals surface area contributed by atoms with Crippen LogP contribution < -0.4 is 5.32 Å². The van der Waals surface area contributed by atoms with Gasteiger partial charge >= 0.3 is 23.9 Å². The number of amides is 1. The van der Waals surface area contributed by atoms with Crippen molar-refractivity contribution in [2.24, 2.45) is 0 Å². The Morgan fingerprint density at radius 2 is 1.41 bits per heavy atom. The Balaban J connectivity index is 3.27. The number of hydrogen-bond donors (Lipinski definition) is 1. The molecule has 0 aliphatic rings. The maximum atomic E-state index is 12.9. The molecule has 174 valence electrons. The number of carbonyl (C=O) groups excluding carboxylic acids is 5. The number of nitrogens with zero attached hydrogens (tertiary/aromatic N) is 1. The first-order valence-corrected chi connectivity index (χ1v) is 9.11. The number of esters is 4. The average Bonchev–Trinajstić information content (AvgIpc) is 2.67. The molecule has 0 heterocycles. The van der Waals surface area contributed by atoms with Gasteiger partial charge in [-0.05, 0) is 12.1 Å². The Kier molecular flexibility index (Phi) is 9.73. The van der Waals surface area contributed by atoms with E-state index in [1.54, 1.807) is 0 Å². The maximum Gasteiger partial charge on any atom is 0.303 e. The van der Waals surface area contributed by atoms with E-state index in [1.807, 2.05) is 0 Å². The fourth-order valence-corrected chi connectivity index (χ4v) is 2.46. The molecule has 1 aromatic rings. The fourth-order valence-electron chi connectivity index (χ4n) is 2.46. The number of nitro benzene ring substituents is 1. The summed E-state index contributed by atoms with van der Waals surface area (Å²) in [5, 5.41) is 13.1. The van der Waals surface area contributed by atoms with Crippen LogP contribution in [0.5, 0.6) is 0 Å². The van der Waals surface area contributed by atoms with Crippen molar-refractivity contribution < 1.29 is 47.8 Å². The number of hydrogen-bond acceptors (Lipinski definition) is 11. The summed E-state index contributed by atoms with van der Waals surface area (Å²) in [7, 11) is 0. The predicted molar refractivity (Wildman–Crippen MR) is 105 cm³/mol. The summed E-state index contributed by atoms with van der Waals surface area (Å²) in [6, 6.07) is 4.71. The molecule has 0 aliphatic carbocycles. The highest BCUT2D eigenvalue weighted by Gasteiger charge is 2.42. The van der Waals surface area contributed by atoms with Gasteiger partial charge in [0.1, 0.15) is 6.61 Å². The monoisotopic (exact) mass is 454 g/mol. The molecule has 0 aromatic heterocycles. The molecule has 0 aliphatic heterocycles. The van der Waals surface area contributed by atoms with Crippen LogP contribution in [0.15, 0.2) is 24.3 Å². The molecule has 0 radical (unpaired) electrons. The van der Waals surface area contributed by atoms with Crippen LogP contribution in [-0.4, -0.2) is 59.6 Å². The van der Waals surface area contributed by atoms with Crippen molar-refractivity contribution in [2.75, 3.05) is 11.9 Å². The maximum absolute atomic E-state index is 12.9. The minimum Gasteiger partial charge on any atom is -0.462 e. The third-order valence-electron chi connectivity index (χ3n) is 3.63. The van der Waals surface area contributed by atoms with Crippen LogP contribution in [0.2, 0.25) is 0 Å². The SMILES string of the molecule is CC(=O)OC[C@H](OC(C)=O)[C@@H](OC(C)=O)[C@@H](OC(C)=O)C(=O)Nc1ccc([N+](=O)[O-])cc1. The molecular weight excluding hydrogens is 432 g/mol. The second-order valence-corrected chi connectivity index (χ2v) is 6.35. The largest absolute Gasteiger partial charge is 0.462 e. The minimum atomic E-state index is -1.83. The Labute approximate surface area is 182 Å². The first kappa shape index (κ1) is 26.0. The zero-order valence-corrected chi connectivity index (χ0v) is 17.7. The topological polar surface area (TPSA) is 177 Å². The molecule has 0 saturated heterocycles. The molecule has 1 N–H and O–H groups in total. The lowest BCUT2D eigenvalue weighted by molar-refractivity contribution is -0.384. The first-order chi connectivity index (χ1) is 14.9. The number of nitro groups is 1. The lowest BCUT2D eigenvalue weighted by atomic mass is 10.1. The molecule has 3 atom stereocenters. The second-order valence-electron chi connectivity index (χ2n) is 6.35. The Hall–Kier alpha value is -4.03. The molecule has 1 amide bonds. The van der Waals surface area contributed by atoms with Crippen LogP contribution in [0.1, 0.15) is 27.7 Å². The molecule has 0 bridgehead atoms. The smallest absolute Gasteiger partial charge is 0.303 e. The summed E-state index contributed by atoms with van der Waals surface area (Å²) in [4.78, 5) is 69.0. The highest BCUT2D eigenvalue weighted by atomic mass is 16.6. The van der Waals surface area contributed by atoms with E-state index >= 15 is 0 Å². The number of rotatable bonds is 10. The van der Waals surface area contributed by atoms with Gasteiger partial charge in [-0.2, -0.15) is 0 Å². The number of nitrogens with one attached hydrogen (secondary N) is 1. The fraction of sp³-hybridized carbons (Fsp3) is 0.421. The second kappa shape index (κ2) is 12.0. The summed E-state index contributed by atoms with van der Waals surface area (Å²) in [6.45, 7) is 3.50. The van der Waals surface area contributed by atoms with Crippen molar-refractivity contribution in [2.45, 2.75) is 46.0 Å². The summed E-state index contributed by atoms with van der Waals surface area (Å²) in [5.74, 6) is -4.43. The van der Waals surface area contributed by atoms with Gasteiger partial charge in [-0.25, -0.2) is 0 Å². The molecule has 0 saturated carbocycles. The molecule has 0 spiro atoms. The van der Waals surface area contributed by atoms with E-state index in [4.69, 9.17) is 18.9 Å². The van der Waals surface area contributed by atoms with Gasteiger partial charge in [-0.15, -0.1) is 0 Å². The van der Waals surface area contributed by atoms with Crippen molar-refractivity contribution in [3.05, 3.63) is 34.4 Å². The van der Waals surface area contributed by atoms with Crippen molar-refractivity contribution in [3.63, 3.8) is 0 Å². The van der Waals surface area contributed by atoms with Crippen molar-refractivity contribution in [3.8, 4) is 0 Å². The highest BCUT2D eigenvalue weighted by molar-refractivity contribution is 5.96. The number of anilines is 1. The summed E-state index contributed by atoms with van der Waals surface area (Å²) in [5.41, 5.74) is -0.128. The van der Waals surface area contributed by atoms with E-state index in [2.05, 4.69) is 5.32 Å². The minimum absolute atomic E-state index is 0.100. The average molecular weight is 454 g/mol. The Morgan fingerprint density at radius 3 is 1.84 bits per heavy atom. The number of benzene rings is 1. The zero-order chi connectivity index (χ0) is 24.4. The lowest BCUT2D eigenvalue weighted by Gasteiger charge is -2.30. The quantitative estimate of drug-likeness (QED) is 0.230. The number of non-ortho nitro benzene ring substituents is 1. The van der Waals surface area contributed by atoms with E-state index in [-0.39, 0.29) is 11.4 Å². The van der Waals surface area contributed by atoms with Crippen LogP contribution in [0.25, 0.3) is 0 Å². The first-order valence-electron chi connectivity index (χ1n) is 9.11. The molecule has 13 nitrogen and oxygen atoms in total. The molecule has 1 aromatic carbocycles. The molecular formula is C19H22N2O11. The van der Waals surface area contributed by atoms with Crippen LogP contribution in [-0.2, 0) is 42.9 Å². The van der Waals surface area contributed by atoms with Gasteiger partial charge in [0.15, 0.2) is 12.2 Å².